The van der Waals surface area contributed by atoms with Gasteiger partial charge in [0.2, 0.25) is 0 Å². The van der Waals surface area contributed by atoms with Crippen LogP contribution in [0, 0.1) is 16.7 Å². The van der Waals surface area contributed by atoms with Gasteiger partial charge in [-0.3, -0.25) is 19.9 Å². The number of nitrogens with one attached hydrogen (secondary N) is 1. The summed E-state index contributed by atoms with van der Waals surface area (Å²) in [5.41, 5.74) is 4.71. The van der Waals surface area contributed by atoms with E-state index >= 15 is 0 Å². The van der Waals surface area contributed by atoms with Crippen molar-refractivity contribution in [3.8, 4) is 0 Å². The standard InChI is InChI=1S/C23H39N5O6.ClH/c1-3-32-19(29)13-23(20(30)33-4-2)7-11-26(12-8-23)15-18-16-28(22(31)34-18)14-17-5-9-27(10-6-17)21(24)25;/h17-18H,3-16H2,1-2H3,(H3,24,25);1H. The lowest BCUT2D eigenvalue weighted by Gasteiger charge is -2.39. The van der Waals surface area contributed by atoms with Crippen LogP contribution in [-0.4, -0.2) is 104 Å². The Balaban J connectivity index is 0.00000432. The maximum absolute atomic E-state index is 12.7. The van der Waals surface area contributed by atoms with Crippen LogP contribution in [0.25, 0.3) is 0 Å². The highest BCUT2D eigenvalue weighted by atomic mass is 35.5. The Morgan fingerprint density at radius 2 is 1.71 bits per heavy atom. The normalized spacial score (nSPS) is 22.8. The second kappa shape index (κ2) is 13.2. The van der Waals surface area contributed by atoms with Crippen LogP contribution in [0.3, 0.4) is 0 Å². The summed E-state index contributed by atoms with van der Waals surface area (Å²) in [7, 11) is 0. The van der Waals surface area contributed by atoms with E-state index in [0.29, 0.717) is 51.5 Å². The van der Waals surface area contributed by atoms with E-state index in [1.54, 1.807) is 18.7 Å². The first kappa shape index (κ1) is 29.0. The summed E-state index contributed by atoms with van der Waals surface area (Å²) >= 11 is 0. The van der Waals surface area contributed by atoms with Crippen LogP contribution in [-0.2, 0) is 23.8 Å². The molecule has 0 saturated carbocycles. The minimum Gasteiger partial charge on any atom is -0.466 e. The number of guanidine groups is 1. The molecule has 1 unspecified atom stereocenters. The average molecular weight is 518 g/mol. The predicted octanol–water partition coefficient (Wildman–Crippen LogP) is 1.43. The van der Waals surface area contributed by atoms with E-state index in [1.807, 2.05) is 4.90 Å². The Morgan fingerprint density at radius 1 is 1.09 bits per heavy atom. The number of cyclic esters (lactones) is 1. The molecule has 1 atom stereocenters. The number of piperidine rings is 2. The van der Waals surface area contributed by atoms with Crippen molar-refractivity contribution in [2.45, 2.75) is 52.1 Å². The number of halogens is 1. The third-order valence-electron chi connectivity index (χ3n) is 7.16. The zero-order valence-electron chi connectivity index (χ0n) is 20.8. The van der Waals surface area contributed by atoms with E-state index in [9.17, 15) is 14.4 Å². The molecule has 3 aliphatic heterocycles. The maximum Gasteiger partial charge on any atom is 0.410 e. The molecule has 3 N–H and O–H groups in total. The van der Waals surface area contributed by atoms with Gasteiger partial charge < -0.3 is 29.7 Å². The molecule has 35 heavy (non-hydrogen) atoms. The number of likely N-dealkylation sites (tertiary alicyclic amines) is 2. The first-order valence-electron chi connectivity index (χ1n) is 12.4. The van der Waals surface area contributed by atoms with Crippen LogP contribution in [0.1, 0.15) is 46.0 Å². The first-order chi connectivity index (χ1) is 16.3. The van der Waals surface area contributed by atoms with Crippen molar-refractivity contribution >= 4 is 36.4 Å². The van der Waals surface area contributed by atoms with Crippen molar-refractivity contribution in [3.05, 3.63) is 0 Å². The van der Waals surface area contributed by atoms with Gasteiger partial charge in [0.15, 0.2) is 5.96 Å². The van der Waals surface area contributed by atoms with Crippen molar-refractivity contribution in [2.75, 3.05) is 59.0 Å². The summed E-state index contributed by atoms with van der Waals surface area (Å²) in [5.74, 6) is -0.227. The second-order valence-electron chi connectivity index (χ2n) is 9.51. The fraction of sp³-hybridized carbons (Fsp3) is 0.826. The van der Waals surface area contributed by atoms with Gasteiger partial charge in [-0.1, -0.05) is 0 Å². The van der Waals surface area contributed by atoms with E-state index in [0.717, 1.165) is 25.9 Å². The van der Waals surface area contributed by atoms with Crippen molar-refractivity contribution in [1.29, 1.82) is 5.41 Å². The summed E-state index contributed by atoms with van der Waals surface area (Å²) in [6, 6.07) is 0. The Hall–Kier alpha value is -2.27. The van der Waals surface area contributed by atoms with E-state index in [4.69, 9.17) is 25.4 Å². The summed E-state index contributed by atoms with van der Waals surface area (Å²) < 4.78 is 16.0. The molecule has 0 bridgehead atoms. The van der Waals surface area contributed by atoms with Crippen molar-refractivity contribution < 1.29 is 28.6 Å². The topological polar surface area (TPSA) is 138 Å². The highest BCUT2D eigenvalue weighted by Crippen LogP contribution is 2.37. The quantitative estimate of drug-likeness (QED) is 0.201. The van der Waals surface area contributed by atoms with Gasteiger partial charge in [-0.05, 0) is 58.5 Å². The van der Waals surface area contributed by atoms with Gasteiger partial charge in [-0.2, -0.15) is 0 Å². The number of esters is 2. The largest absolute Gasteiger partial charge is 0.466 e. The highest BCUT2D eigenvalue weighted by molar-refractivity contribution is 5.85. The van der Waals surface area contributed by atoms with Gasteiger partial charge >= 0.3 is 18.0 Å². The molecular formula is C23H40ClN5O6. The number of rotatable bonds is 9. The van der Waals surface area contributed by atoms with Crippen LogP contribution in [0.2, 0.25) is 0 Å². The smallest absolute Gasteiger partial charge is 0.410 e. The number of nitrogens with zero attached hydrogens (tertiary/aromatic N) is 3. The SMILES string of the molecule is CCOC(=O)CC1(C(=O)OCC)CCN(CC2CN(CC3CCN(C(=N)N)CC3)C(=O)O2)CC1.Cl. The van der Waals surface area contributed by atoms with E-state index in [2.05, 4.69) is 4.90 Å². The third-order valence-corrected chi connectivity index (χ3v) is 7.16. The highest BCUT2D eigenvalue weighted by Gasteiger charge is 2.45. The maximum atomic E-state index is 12.7. The molecule has 0 aliphatic carbocycles. The number of hydrogen-bond acceptors (Lipinski definition) is 8. The molecule has 1 amide bonds. The van der Waals surface area contributed by atoms with Gasteiger partial charge in [-0.15, -0.1) is 12.4 Å². The molecule has 3 aliphatic rings. The molecule has 11 nitrogen and oxygen atoms in total. The van der Waals surface area contributed by atoms with Crippen LogP contribution in [0.5, 0.6) is 0 Å². The predicted molar refractivity (Wildman–Crippen MR) is 131 cm³/mol. The van der Waals surface area contributed by atoms with Crippen molar-refractivity contribution in [2.24, 2.45) is 17.1 Å². The molecular weight excluding hydrogens is 478 g/mol. The molecule has 0 aromatic heterocycles. The first-order valence-corrected chi connectivity index (χ1v) is 12.4. The molecule has 12 heteroatoms. The number of ether oxygens (including phenoxy) is 3. The minimum absolute atomic E-state index is 0. The summed E-state index contributed by atoms with van der Waals surface area (Å²) in [6.07, 6.45) is 2.34. The lowest BCUT2D eigenvalue weighted by Crippen LogP contribution is -2.48. The lowest BCUT2D eigenvalue weighted by molar-refractivity contribution is -0.165. The average Bonchev–Trinajstić information content (AvgIpc) is 3.14. The molecule has 0 aromatic carbocycles. The summed E-state index contributed by atoms with van der Waals surface area (Å²) in [5, 5.41) is 7.55. The summed E-state index contributed by atoms with van der Waals surface area (Å²) in [4.78, 5) is 43.1. The Labute approximate surface area is 213 Å². The fourth-order valence-electron chi connectivity index (χ4n) is 5.16. The molecule has 3 saturated heterocycles. The molecule has 0 radical (unpaired) electrons. The monoisotopic (exact) mass is 517 g/mol. The van der Waals surface area contributed by atoms with E-state index in [1.165, 1.54) is 0 Å². The van der Waals surface area contributed by atoms with Gasteiger partial charge in [0, 0.05) is 26.2 Å². The fourth-order valence-corrected chi connectivity index (χ4v) is 5.16. The summed E-state index contributed by atoms with van der Waals surface area (Å²) in [6.45, 7) is 8.60. The van der Waals surface area contributed by atoms with Gasteiger partial charge in [-0.25, -0.2) is 4.79 Å². The molecule has 0 aromatic rings. The Morgan fingerprint density at radius 3 is 2.29 bits per heavy atom. The van der Waals surface area contributed by atoms with Crippen molar-refractivity contribution in [3.63, 3.8) is 0 Å². The number of carbonyl (C=O) groups is 3. The minimum atomic E-state index is -0.855. The number of hydrogen-bond donors (Lipinski definition) is 2. The third kappa shape index (κ3) is 7.60. The van der Waals surface area contributed by atoms with Crippen LogP contribution >= 0.6 is 12.4 Å². The van der Waals surface area contributed by atoms with Crippen molar-refractivity contribution in [1.82, 2.24) is 14.7 Å². The molecule has 3 heterocycles. The molecule has 0 spiro atoms. The van der Waals surface area contributed by atoms with E-state index in [-0.39, 0.29) is 62.1 Å². The Kier molecular flexibility index (Phi) is 10.9. The zero-order chi connectivity index (χ0) is 24.7. The number of nitrogens with two attached hydrogens (primary N) is 1. The zero-order valence-corrected chi connectivity index (χ0v) is 21.6. The van der Waals surface area contributed by atoms with E-state index < -0.39 is 5.41 Å². The van der Waals surface area contributed by atoms with Crippen LogP contribution in [0.15, 0.2) is 0 Å². The van der Waals surface area contributed by atoms with Gasteiger partial charge in [0.1, 0.15) is 6.10 Å². The van der Waals surface area contributed by atoms with Gasteiger partial charge in [0.25, 0.3) is 0 Å². The number of amides is 1. The van der Waals surface area contributed by atoms with Gasteiger partial charge in [0.05, 0.1) is 31.6 Å². The number of carbonyl (C=O) groups excluding carboxylic acids is 3. The second-order valence-corrected chi connectivity index (χ2v) is 9.51. The molecule has 200 valence electrons. The molecule has 3 rings (SSSR count). The van der Waals surface area contributed by atoms with Crippen LogP contribution in [0.4, 0.5) is 4.79 Å². The van der Waals surface area contributed by atoms with Crippen LogP contribution < -0.4 is 5.73 Å². The molecule has 3 fully saturated rings. The lowest BCUT2D eigenvalue weighted by atomic mass is 9.75. The Bertz CT molecular complexity index is 753.